The van der Waals surface area contributed by atoms with Crippen molar-refractivity contribution in [1.29, 1.82) is 0 Å². The second kappa shape index (κ2) is 5.91. The van der Waals surface area contributed by atoms with Crippen LogP contribution in [0, 0.1) is 12.7 Å². The molecule has 1 amide bonds. The van der Waals surface area contributed by atoms with Gasteiger partial charge in [0.15, 0.2) is 0 Å². The molecule has 1 aliphatic heterocycles. The van der Waals surface area contributed by atoms with E-state index in [2.05, 4.69) is 32.0 Å². The second-order valence-electron chi connectivity index (χ2n) is 5.89. The van der Waals surface area contributed by atoms with Crippen molar-refractivity contribution < 1.29 is 9.18 Å². The number of amides is 1. The monoisotopic (exact) mass is 297 g/mol. The maximum atomic E-state index is 13.4. The molecule has 3 rings (SSSR count). The van der Waals surface area contributed by atoms with Crippen molar-refractivity contribution in [2.75, 3.05) is 6.54 Å². The molecule has 2 nitrogen and oxygen atoms in total. The number of halogens is 1. The highest BCUT2D eigenvalue weighted by atomic mass is 19.1. The van der Waals surface area contributed by atoms with Gasteiger partial charge in [-0.05, 0) is 49.1 Å². The van der Waals surface area contributed by atoms with Gasteiger partial charge in [0, 0.05) is 12.1 Å². The zero-order valence-electron chi connectivity index (χ0n) is 13.0. The third kappa shape index (κ3) is 2.63. The van der Waals surface area contributed by atoms with E-state index >= 15 is 0 Å². The van der Waals surface area contributed by atoms with E-state index < -0.39 is 0 Å². The van der Waals surface area contributed by atoms with Crippen LogP contribution in [0.5, 0.6) is 0 Å². The number of benzene rings is 2. The number of aryl methyl sites for hydroxylation is 1. The lowest BCUT2D eigenvalue weighted by Crippen LogP contribution is -2.40. The fourth-order valence-corrected chi connectivity index (χ4v) is 3.31. The third-order valence-electron chi connectivity index (χ3n) is 4.37. The summed E-state index contributed by atoms with van der Waals surface area (Å²) in [5.74, 6) is -0.454. The molecule has 1 heterocycles. The van der Waals surface area contributed by atoms with Crippen LogP contribution >= 0.6 is 0 Å². The lowest BCUT2D eigenvalue weighted by atomic mass is 9.89. The fraction of sp³-hybridized carbons (Fsp3) is 0.316. The van der Waals surface area contributed by atoms with Crippen molar-refractivity contribution in [2.24, 2.45) is 0 Å². The summed E-state index contributed by atoms with van der Waals surface area (Å²) in [6, 6.07) is 12.5. The van der Waals surface area contributed by atoms with Crippen LogP contribution in [0.25, 0.3) is 0 Å². The first-order chi connectivity index (χ1) is 10.6. The van der Waals surface area contributed by atoms with Crippen molar-refractivity contribution in [3.8, 4) is 0 Å². The van der Waals surface area contributed by atoms with E-state index in [1.807, 2.05) is 4.90 Å². The Bertz CT molecular complexity index is 710. The Labute approximate surface area is 130 Å². The van der Waals surface area contributed by atoms with Crippen LogP contribution in [0.3, 0.4) is 0 Å². The highest BCUT2D eigenvalue weighted by molar-refractivity contribution is 5.94. The molecule has 0 saturated carbocycles. The summed E-state index contributed by atoms with van der Waals surface area (Å²) in [5, 5.41) is 0. The molecule has 3 heteroatoms. The molecular formula is C19H20FNO. The lowest BCUT2D eigenvalue weighted by molar-refractivity contribution is 0.0655. The number of nitrogens with zero attached hydrogens (tertiary/aromatic N) is 1. The van der Waals surface area contributed by atoms with E-state index in [0.717, 1.165) is 12.8 Å². The van der Waals surface area contributed by atoms with Gasteiger partial charge >= 0.3 is 0 Å². The maximum Gasteiger partial charge on any atom is 0.254 e. The average Bonchev–Trinajstić information content (AvgIpc) is 2.52. The van der Waals surface area contributed by atoms with Gasteiger partial charge < -0.3 is 4.90 Å². The van der Waals surface area contributed by atoms with Gasteiger partial charge in [-0.1, -0.05) is 36.8 Å². The zero-order chi connectivity index (χ0) is 15.7. The van der Waals surface area contributed by atoms with Crippen LogP contribution in [0.4, 0.5) is 4.39 Å². The van der Waals surface area contributed by atoms with Crippen molar-refractivity contribution in [3.05, 3.63) is 70.5 Å². The minimum Gasteiger partial charge on any atom is -0.331 e. The topological polar surface area (TPSA) is 20.3 Å². The van der Waals surface area contributed by atoms with Crippen LogP contribution in [0.1, 0.15) is 46.4 Å². The van der Waals surface area contributed by atoms with Crippen molar-refractivity contribution in [1.82, 2.24) is 4.90 Å². The van der Waals surface area contributed by atoms with E-state index in [1.54, 1.807) is 12.1 Å². The number of fused-ring (bicyclic) bond motifs is 1. The Morgan fingerprint density at radius 1 is 1.27 bits per heavy atom. The van der Waals surface area contributed by atoms with Gasteiger partial charge in [0.1, 0.15) is 5.82 Å². The number of carbonyl (C=O) groups excluding carboxylic acids is 1. The molecule has 0 saturated heterocycles. The van der Waals surface area contributed by atoms with E-state index in [0.29, 0.717) is 12.1 Å². The van der Waals surface area contributed by atoms with Gasteiger partial charge in [0.25, 0.3) is 5.91 Å². The standard InChI is InChI=1S/C19H20FNO/c1-3-18-17-8-7-13(2)11-14(17)9-10-21(18)19(22)15-5-4-6-16(20)12-15/h4-8,11-12,18H,3,9-10H2,1-2H3. The van der Waals surface area contributed by atoms with Crippen LogP contribution in [-0.4, -0.2) is 17.4 Å². The van der Waals surface area contributed by atoms with Gasteiger partial charge in [-0.2, -0.15) is 0 Å². The Morgan fingerprint density at radius 2 is 2.09 bits per heavy atom. The van der Waals surface area contributed by atoms with Crippen LogP contribution < -0.4 is 0 Å². The van der Waals surface area contributed by atoms with Gasteiger partial charge in [0.05, 0.1) is 6.04 Å². The predicted molar refractivity (Wildman–Crippen MR) is 85.4 cm³/mol. The van der Waals surface area contributed by atoms with Gasteiger partial charge in [-0.25, -0.2) is 4.39 Å². The summed E-state index contributed by atoms with van der Waals surface area (Å²) >= 11 is 0. The molecule has 0 aliphatic carbocycles. The highest BCUT2D eigenvalue weighted by Gasteiger charge is 2.30. The molecule has 1 unspecified atom stereocenters. The van der Waals surface area contributed by atoms with Crippen LogP contribution in [0.2, 0.25) is 0 Å². The van der Waals surface area contributed by atoms with Gasteiger partial charge in [0.2, 0.25) is 0 Å². The molecule has 1 aliphatic rings. The second-order valence-corrected chi connectivity index (χ2v) is 5.89. The largest absolute Gasteiger partial charge is 0.331 e. The molecule has 1 atom stereocenters. The minimum atomic E-state index is -0.369. The summed E-state index contributed by atoms with van der Waals surface area (Å²) in [5.41, 5.74) is 4.23. The quantitative estimate of drug-likeness (QED) is 0.810. The van der Waals surface area contributed by atoms with E-state index in [-0.39, 0.29) is 17.8 Å². The summed E-state index contributed by atoms with van der Waals surface area (Å²) in [6.45, 7) is 4.86. The molecule has 2 aromatic carbocycles. The first-order valence-electron chi connectivity index (χ1n) is 7.76. The predicted octanol–water partition coefficient (Wildman–Crippen LogP) is 4.28. The summed E-state index contributed by atoms with van der Waals surface area (Å²) in [6.07, 6.45) is 1.71. The first-order valence-corrected chi connectivity index (χ1v) is 7.76. The average molecular weight is 297 g/mol. The smallest absolute Gasteiger partial charge is 0.254 e. The molecule has 0 radical (unpaired) electrons. The molecule has 0 spiro atoms. The molecule has 0 aromatic heterocycles. The molecule has 0 fully saturated rings. The molecule has 22 heavy (non-hydrogen) atoms. The van der Waals surface area contributed by atoms with Crippen molar-refractivity contribution in [2.45, 2.75) is 32.7 Å². The molecule has 0 bridgehead atoms. The van der Waals surface area contributed by atoms with Crippen LogP contribution in [-0.2, 0) is 6.42 Å². The van der Waals surface area contributed by atoms with Gasteiger partial charge in [-0.3, -0.25) is 4.79 Å². The Hall–Kier alpha value is -2.16. The first kappa shape index (κ1) is 14.8. The lowest BCUT2D eigenvalue weighted by Gasteiger charge is -2.37. The Morgan fingerprint density at radius 3 is 2.82 bits per heavy atom. The van der Waals surface area contributed by atoms with E-state index in [4.69, 9.17) is 0 Å². The summed E-state index contributed by atoms with van der Waals surface area (Å²) in [4.78, 5) is 14.6. The van der Waals surface area contributed by atoms with Crippen LogP contribution in [0.15, 0.2) is 42.5 Å². The normalized spacial score (nSPS) is 17.2. The highest BCUT2D eigenvalue weighted by Crippen LogP contribution is 2.33. The minimum absolute atomic E-state index is 0.0696. The number of rotatable bonds is 2. The third-order valence-corrected chi connectivity index (χ3v) is 4.37. The number of hydrogen-bond acceptors (Lipinski definition) is 1. The summed E-state index contributed by atoms with van der Waals surface area (Å²) < 4.78 is 13.4. The number of carbonyl (C=O) groups is 1. The van der Waals surface area contributed by atoms with Gasteiger partial charge in [-0.15, -0.1) is 0 Å². The van der Waals surface area contributed by atoms with E-state index in [9.17, 15) is 9.18 Å². The zero-order valence-corrected chi connectivity index (χ0v) is 13.0. The molecule has 0 N–H and O–H groups in total. The Balaban J connectivity index is 1.95. The fourth-order valence-electron chi connectivity index (χ4n) is 3.31. The maximum absolute atomic E-state index is 13.4. The Kier molecular flexibility index (Phi) is 3.97. The van der Waals surface area contributed by atoms with Crippen molar-refractivity contribution >= 4 is 5.91 Å². The molecular weight excluding hydrogens is 277 g/mol. The summed E-state index contributed by atoms with van der Waals surface area (Å²) in [7, 11) is 0. The molecule has 114 valence electrons. The van der Waals surface area contributed by atoms with Crippen molar-refractivity contribution in [3.63, 3.8) is 0 Å². The SMILES string of the molecule is CCC1c2ccc(C)cc2CCN1C(=O)c1cccc(F)c1. The number of hydrogen-bond donors (Lipinski definition) is 0. The van der Waals surface area contributed by atoms with E-state index in [1.165, 1.54) is 28.8 Å². The molecule has 2 aromatic rings.